The molecule has 4 nitrogen and oxygen atoms in total. The van der Waals surface area contributed by atoms with Gasteiger partial charge in [0.05, 0.1) is 0 Å². The molecule has 0 aromatic carbocycles. The molecule has 1 unspecified atom stereocenters. The number of thioether (sulfide) groups is 1. The second-order valence-corrected chi connectivity index (χ2v) is 4.73. The number of carbonyl (C=O) groups is 2. The monoisotopic (exact) mass is 233 g/mol. The normalized spacial score (nSPS) is 12.1. The second kappa shape index (κ2) is 8.59. The van der Waals surface area contributed by atoms with Crippen LogP contribution >= 0.6 is 11.8 Å². The van der Waals surface area contributed by atoms with E-state index in [1.54, 1.807) is 11.8 Å². The molecular weight excluding hydrogens is 214 g/mol. The number of aliphatic carboxylic acids is 1. The first-order valence-electron chi connectivity index (χ1n) is 5.07. The lowest BCUT2D eigenvalue weighted by Crippen LogP contribution is -2.29. The van der Waals surface area contributed by atoms with Gasteiger partial charge in [0, 0.05) is 24.6 Å². The van der Waals surface area contributed by atoms with E-state index < -0.39 is 5.97 Å². The number of carboxylic acids is 1. The van der Waals surface area contributed by atoms with Crippen molar-refractivity contribution in [3.63, 3.8) is 0 Å². The van der Waals surface area contributed by atoms with Gasteiger partial charge in [0.2, 0.25) is 5.91 Å². The van der Waals surface area contributed by atoms with Crippen molar-refractivity contribution in [3.05, 3.63) is 0 Å². The molecule has 0 bridgehead atoms. The Morgan fingerprint density at radius 2 is 1.93 bits per heavy atom. The van der Waals surface area contributed by atoms with Gasteiger partial charge >= 0.3 is 5.97 Å². The summed E-state index contributed by atoms with van der Waals surface area (Å²) >= 11 is 1.71. The van der Waals surface area contributed by atoms with E-state index in [1.165, 1.54) is 0 Å². The van der Waals surface area contributed by atoms with Gasteiger partial charge in [-0.25, -0.2) is 0 Å². The number of amides is 1. The highest BCUT2D eigenvalue weighted by Gasteiger charge is 2.04. The largest absolute Gasteiger partial charge is 0.481 e. The molecule has 0 spiro atoms. The zero-order valence-electron chi connectivity index (χ0n) is 9.28. The lowest BCUT2D eigenvalue weighted by molar-refractivity contribution is -0.137. The number of hydrogen-bond donors (Lipinski definition) is 2. The minimum Gasteiger partial charge on any atom is -0.481 e. The summed E-state index contributed by atoms with van der Waals surface area (Å²) in [7, 11) is 0. The van der Waals surface area contributed by atoms with E-state index in [4.69, 9.17) is 5.11 Å². The van der Waals surface area contributed by atoms with Crippen LogP contribution in [0, 0.1) is 0 Å². The van der Waals surface area contributed by atoms with Crippen LogP contribution in [-0.2, 0) is 9.59 Å². The summed E-state index contributed by atoms with van der Waals surface area (Å²) in [5.74, 6) is -0.785. The zero-order chi connectivity index (χ0) is 11.7. The fraction of sp³-hybridized carbons (Fsp3) is 0.800. The summed E-state index contributed by atoms with van der Waals surface area (Å²) in [4.78, 5) is 21.4. The number of rotatable bonds is 8. The van der Waals surface area contributed by atoms with E-state index in [-0.39, 0.29) is 12.3 Å². The molecule has 0 aliphatic carbocycles. The summed E-state index contributed by atoms with van der Waals surface area (Å²) in [6, 6.07) is 0. The molecule has 88 valence electrons. The maximum absolute atomic E-state index is 11.2. The van der Waals surface area contributed by atoms with Crippen LogP contribution in [0.5, 0.6) is 0 Å². The highest BCUT2D eigenvalue weighted by Crippen LogP contribution is 2.03. The molecule has 1 amide bonds. The predicted octanol–water partition coefficient (Wildman–Crippen LogP) is 1.50. The minimum absolute atomic E-state index is 0.0151. The van der Waals surface area contributed by atoms with Gasteiger partial charge in [-0.2, -0.15) is 11.8 Å². The van der Waals surface area contributed by atoms with E-state index >= 15 is 0 Å². The Morgan fingerprint density at radius 1 is 1.33 bits per heavy atom. The molecule has 0 saturated heterocycles. The van der Waals surface area contributed by atoms with Crippen molar-refractivity contribution >= 4 is 23.6 Å². The van der Waals surface area contributed by atoms with Crippen LogP contribution in [0.15, 0.2) is 0 Å². The van der Waals surface area contributed by atoms with Crippen LogP contribution in [-0.4, -0.2) is 35.0 Å². The van der Waals surface area contributed by atoms with Crippen LogP contribution in [0.1, 0.15) is 32.6 Å². The molecular formula is C10H19NO3S. The van der Waals surface area contributed by atoms with Crippen molar-refractivity contribution in [1.82, 2.24) is 5.32 Å². The van der Waals surface area contributed by atoms with Gasteiger partial charge in [-0.1, -0.05) is 6.92 Å². The summed E-state index contributed by atoms with van der Waals surface area (Å²) in [5.41, 5.74) is 0. The van der Waals surface area contributed by atoms with E-state index in [0.29, 0.717) is 31.1 Å². The third kappa shape index (κ3) is 9.59. The van der Waals surface area contributed by atoms with Gasteiger partial charge in [-0.3, -0.25) is 9.59 Å². The Labute approximate surface area is 94.8 Å². The molecule has 0 aliphatic heterocycles. The summed E-state index contributed by atoms with van der Waals surface area (Å²) in [6.45, 7) is 2.73. The molecule has 0 aliphatic rings. The number of unbranched alkanes of at least 4 members (excludes halogenated alkanes) is 1. The molecule has 5 heteroatoms. The molecule has 0 aromatic rings. The van der Waals surface area contributed by atoms with Gasteiger partial charge < -0.3 is 10.4 Å². The molecule has 0 saturated carbocycles. The Bertz CT molecular complexity index is 209. The Balaban J connectivity index is 3.37. The molecule has 15 heavy (non-hydrogen) atoms. The molecule has 0 fully saturated rings. The average Bonchev–Trinajstić information content (AvgIpc) is 2.20. The standard InChI is InChI=1S/C10H19NO3S/c1-8(15-2)7-11-9(12)5-3-4-6-10(13)14/h8H,3-7H2,1-2H3,(H,11,12)(H,13,14). The van der Waals surface area contributed by atoms with Gasteiger partial charge in [0.15, 0.2) is 0 Å². The Morgan fingerprint density at radius 3 is 2.47 bits per heavy atom. The molecule has 2 N–H and O–H groups in total. The van der Waals surface area contributed by atoms with Crippen molar-refractivity contribution in [2.24, 2.45) is 0 Å². The maximum atomic E-state index is 11.2. The minimum atomic E-state index is -0.800. The van der Waals surface area contributed by atoms with Crippen LogP contribution in [0.25, 0.3) is 0 Å². The van der Waals surface area contributed by atoms with Crippen molar-refractivity contribution in [2.75, 3.05) is 12.8 Å². The lowest BCUT2D eigenvalue weighted by atomic mass is 10.2. The van der Waals surface area contributed by atoms with E-state index in [1.807, 2.05) is 6.26 Å². The first-order valence-corrected chi connectivity index (χ1v) is 6.36. The lowest BCUT2D eigenvalue weighted by Gasteiger charge is -2.09. The van der Waals surface area contributed by atoms with Gasteiger partial charge in [0.1, 0.15) is 0 Å². The molecule has 1 atom stereocenters. The Kier molecular flexibility index (Phi) is 8.18. The third-order valence-corrected chi connectivity index (χ3v) is 3.00. The van der Waals surface area contributed by atoms with Crippen molar-refractivity contribution < 1.29 is 14.7 Å². The average molecular weight is 233 g/mol. The number of carbonyl (C=O) groups excluding carboxylic acids is 1. The Hall–Kier alpha value is -0.710. The van der Waals surface area contributed by atoms with Gasteiger partial charge in [0.25, 0.3) is 0 Å². The molecule has 0 heterocycles. The van der Waals surface area contributed by atoms with Crippen molar-refractivity contribution in [1.29, 1.82) is 0 Å². The summed E-state index contributed by atoms with van der Waals surface area (Å²) < 4.78 is 0. The molecule has 0 radical (unpaired) electrons. The fourth-order valence-corrected chi connectivity index (χ4v) is 1.24. The fourth-order valence-electron chi connectivity index (χ4n) is 0.991. The van der Waals surface area contributed by atoms with Crippen molar-refractivity contribution in [2.45, 2.75) is 37.9 Å². The topological polar surface area (TPSA) is 66.4 Å². The van der Waals surface area contributed by atoms with Crippen LogP contribution in [0.4, 0.5) is 0 Å². The quantitative estimate of drug-likeness (QED) is 0.623. The van der Waals surface area contributed by atoms with Crippen LogP contribution in [0.3, 0.4) is 0 Å². The summed E-state index contributed by atoms with van der Waals surface area (Å²) in [5, 5.41) is 11.6. The van der Waals surface area contributed by atoms with E-state index in [0.717, 1.165) is 0 Å². The van der Waals surface area contributed by atoms with Crippen LogP contribution in [0.2, 0.25) is 0 Å². The van der Waals surface area contributed by atoms with Crippen LogP contribution < -0.4 is 5.32 Å². The molecule has 0 aromatic heterocycles. The second-order valence-electron chi connectivity index (χ2n) is 3.45. The maximum Gasteiger partial charge on any atom is 0.303 e. The smallest absolute Gasteiger partial charge is 0.303 e. The first-order chi connectivity index (χ1) is 7.06. The number of carboxylic acid groups (broad SMARTS) is 1. The van der Waals surface area contributed by atoms with Crippen molar-refractivity contribution in [3.8, 4) is 0 Å². The first kappa shape index (κ1) is 14.3. The third-order valence-electron chi connectivity index (χ3n) is 2.03. The summed E-state index contributed by atoms with van der Waals surface area (Å²) in [6.07, 6.45) is 3.79. The number of hydrogen-bond acceptors (Lipinski definition) is 3. The van der Waals surface area contributed by atoms with E-state index in [9.17, 15) is 9.59 Å². The number of nitrogens with one attached hydrogen (secondary N) is 1. The SMILES string of the molecule is CSC(C)CNC(=O)CCCCC(=O)O. The highest BCUT2D eigenvalue weighted by molar-refractivity contribution is 7.99. The van der Waals surface area contributed by atoms with Gasteiger partial charge in [-0.05, 0) is 19.1 Å². The highest BCUT2D eigenvalue weighted by atomic mass is 32.2. The van der Waals surface area contributed by atoms with Gasteiger partial charge in [-0.15, -0.1) is 0 Å². The van der Waals surface area contributed by atoms with E-state index in [2.05, 4.69) is 12.2 Å². The predicted molar refractivity (Wildman–Crippen MR) is 62.1 cm³/mol. The zero-order valence-corrected chi connectivity index (χ0v) is 10.1. The molecule has 0 rings (SSSR count).